The maximum atomic E-state index is 11.0. The zero-order chi connectivity index (χ0) is 8.10. The van der Waals surface area contributed by atoms with Crippen molar-refractivity contribution in [3.8, 4) is 0 Å². The number of likely N-dealkylation sites (tertiary alicyclic amines) is 1. The SMILES string of the molecule is [C]OCCCN1CCCC1=O. The Bertz CT molecular complexity index is 136. The Morgan fingerprint density at radius 2 is 2.45 bits per heavy atom. The number of ether oxygens (including phenoxy) is 1. The number of hydrogen-bond acceptors (Lipinski definition) is 2. The summed E-state index contributed by atoms with van der Waals surface area (Å²) in [5.41, 5.74) is 0. The van der Waals surface area contributed by atoms with Gasteiger partial charge in [0, 0.05) is 26.1 Å². The number of hydrogen-bond donors (Lipinski definition) is 0. The van der Waals surface area contributed by atoms with Gasteiger partial charge in [-0.15, -0.1) is 0 Å². The van der Waals surface area contributed by atoms with E-state index < -0.39 is 0 Å². The monoisotopic (exact) mass is 154 g/mol. The molecule has 1 rings (SSSR count). The number of carbonyl (C=O) groups is 1. The van der Waals surface area contributed by atoms with E-state index in [1.165, 1.54) is 0 Å². The van der Waals surface area contributed by atoms with E-state index in [-0.39, 0.29) is 5.91 Å². The Labute approximate surface area is 67.3 Å². The van der Waals surface area contributed by atoms with E-state index in [9.17, 15) is 4.79 Å². The van der Waals surface area contributed by atoms with Crippen LogP contribution in [0.3, 0.4) is 0 Å². The third-order valence-corrected chi connectivity index (χ3v) is 1.85. The van der Waals surface area contributed by atoms with Gasteiger partial charge in [0.25, 0.3) is 0 Å². The molecule has 11 heavy (non-hydrogen) atoms. The van der Waals surface area contributed by atoms with E-state index in [1.807, 2.05) is 4.90 Å². The van der Waals surface area contributed by atoms with Crippen LogP contribution in [-0.4, -0.2) is 30.5 Å². The third-order valence-electron chi connectivity index (χ3n) is 1.85. The van der Waals surface area contributed by atoms with Gasteiger partial charge < -0.3 is 9.64 Å². The molecule has 1 heterocycles. The van der Waals surface area contributed by atoms with Crippen molar-refractivity contribution in [2.45, 2.75) is 19.3 Å². The van der Waals surface area contributed by atoms with Gasteiger partial charge in [0.2, 0.25) is 5.91 Å². The van der Waals surface area contributed by atoms with Crippen molar-refractivity contribution in [2.24, 2.45) is 0 Å². The van der Waals surface area contributed by atoms with Crippen molar-refractivity contribution in [1.82, 2.24) is 4.90 Å². The molecule has 0 atom stereocenters. The summed E-state index contributed by atoms with van der Waals surface area (Å²) in [6.45, 7) is 2.05. The Hall–Kier alpha value is -0.570. The minimum absolute atomic E-state index is 0.245. The highest BCUT2D eigenvalue weighted by atomic mass is 16.5. The normalized spacial score (nSPS) is 17.9. The maximum absolute atomic E-state index is 11.0. The van der Waals surface area contributed by atoms with Gasteiger partial charge >= 0.3 is 0 Å². The van der Waals surface area contributed by atoms with E-state index >= 15 is 0 Å². The quantitative estimate of drug-likeness (QED) is 0.554. The van der Waals surface area contributed by atoms with Gasteiger partial charge in [-0.1, -0.05) is 0 Å². The van der Waals surface area contributed by atoms with Crippen molar-refractivity contribution in [2.75, 3.05) is 19.7 Å². The highest BCUT2D eigenvalue weighted by Crippen LogP contribution is 2.09. The van der Waals surface area contributed by atoms with Crippen molar-refractivity contribution in [1.29, 1.82) is 0 Å². The van der Waals surface area contributed by atoms with Crippen LogP contribution in [-0.2, 0) is 9.53 Å². The van der Waals surface area contributed by atoms with Gasteiger partial charge in [0.1, 0.15) is 0 Å². The standard InChI is InChI=1S/C8H12NO2/c1-11-7-3-6-9-5-2-4-8(9)10/h2-7H2. The number of carbonyl (C=O) groups excluding carboxylic acids is 1. The van der Waals surface area contributed by atoms with Crippen LogP contribution in [0.1, 0.15) is 19.3 Å². The molecular weight excluding hydrogens is 142 g/mol. The lowest BCUT2D eigenvalue weighted by Gasteiger charge is -2.14. The van der Waals surface area contributed by atoms with Crippen LogP contribution < -0.4 is 0 Å². The summed E-state index contributed by atoms with van der Waals surface area (Å²) < 4.78 is 4.15. The Morgan fingerprint density at radius 1 is 1.64 bits per heavy atom. The van der Waals surface area contributed by atoms with E-state index in [0.717, 1.165) is 25.9 Å². The lowest BCUT2D eigenvalue weighted by atomic mass is 10.4. The van der Waals surface area contributed by atoms with Gasteiger partial charge in [-0.3, -0.25) is 4.79 Å². The fraction of sp³-hybridized carbons (Fsp3) is 0.750. The molecule has 0 aliphatic carbocycles. The molecule has 1 fully saturated rings. The summed E-state index contributed by atoms with van der Waals surface area (Å²) in [5, 5.41) is 0. The summed E-state index contributed by atoms with van der Waals surface area (Å²) in [4.78, 5) is 12.8. The molecule has 3 nitrogen and oxygen atoms in total. The molecule has 0 aromatic carbocycles. The first-order valence-electron chi connectivity index (χ1n) is 3.91. The zero-order valence-corrected chi connectivity index (χ0v) is 6.51. The Morgan fingerprint density at radius 3 is 3.00 bits per heavy atom. The number of nitrogens with zero attached hydrogens (tertiary/aromatic N) is 1. The summed E-state index contributed by atoms with van der Waals surface area (Å²) in [6, 6.07) is 0. The van der Waals surface area contributed by atoms with Crippen molar-refractivity contribution < 1.29 is 9.53 Å². The predicted molar refractivity (Wildman–Crippen MR) is 39.6 cm³/mol. The van der Waals surface area contributed by atoms with E-state index in [0.29, 0.717) is 13.0 Å². The molecule has 1 amide bonds. The molecule has 1 aliphatic rings. The highest BCUT2D eigenvalue weighted by Gasteiger charge is 2.18. The molecule has 0 aromatic heterocycles. The lowest BCUT2D eigenvalue weighted by Crippen LogP contribution is -2.26. The molecule has 0 spiro atoms. The average Bonchev–Trinajstić information content (AvgIpc) is 2.37. The van der Waals surface area contributed by atoms with Crippen LogP contribution in [0.15, 0.2) is 0 Å². The molecule has 0 unspecified atom stereocenters. The minimum Gasteiger partial charge on any atom is -0.365 e. The molecule has 1 saturated heterocycles. The van der Waals surface area contributed by atoms with Crippen LogP contribution in [0.4, 0.5) is 0 Å². The van der Waals surface area contributed by atoms with Gasteiger partial charge in [0.15, 0.2) is 7.11 Å². The van der Waals surface area contributed by atoms with Crippen molar-refractivity contribution in [3.63, 3.8) is 0 Å². The predicted octanol–water partition coefficient (Wildman–Crippen LogP) is 0.561. The summed E-state index contributed by atoms with van der Waals surface area (Å²) in [7, 11) is 6.42. The molecule has 0 bridgehead atoms. The summed E-state index contributed by atoms with van der Waals surface area (Å²) >= 11 is 0. The Kier molecular flexibility index (Phi) is 3.36. The summed E-state index contributed by atoms with van der Waals surface area (Å²) in [5.74, 6) is 0.245. The van der Waals surface area contributed by atoms with Gasteiger partial charge in [-0.25, -0.2) is 0 Å². The van der Waals surface area contributed by atoms with Crippen molar-refractivity contribution >= 4 is 5.91 Å². The van der Waals surface area contributed by atoms with Crippen LogP contribution >= 0.6 is 0 Å². The molecule has 61 valence electrons. The Balaban J connectivity index is 2.10. The summed E-state index contributed by atoms with van der Waals surface area (Å²) in [6.07, 6.45) is 2.46. The zero-order valence-electron chi connectivity index (χ0n) is 6.51. The fourth-order valence-corrected chi connectivity index (χ4v) is 1.27. The lowest BCUT2D eigenvalue weighted by molar-refractivity contribution is -0.127. The van der Waals surface area contributed by atoms with Crippen LogP contribution in [0.25, 0.3) is 0 Å². The first-order chi connectivity index (χ1) is 5.34. The maximum Gasteiger partial charge on any atom is 0.222 e. The molecule has 1 aliphatic heterocycles. The highest BCUT2D eigenvalue weighted by molar-refractivity contribution is 5.77. The topological polar surface area (TPSA) is 29.5 Å². The van der Waals surface area contributed by atoms with Gasteiger partial charge in [0.05, 0.1) is 0 Å². The van der Waals surface area contributed by atoms with Gasteiger partial charge in [-0.2, -0.15) is 0 Å². The van der Waals surface area contributed by atoms with E-state index in [2.05, 4.69) is 4.74 Å². The smallest absolute Gasteiger partial charge is 0.222 e. The molecule has 0 saturated carbocycles. The van der Waals surface area contributed by atoms with Crippen LogP contribution in [0.5, 0.6) is 0 Å². The second kappa shape index (κ2) is 4.34. The fourth-order valence-electron chi connectivity index (χ4n) is 1.27. The first kappa shape index (κ1) is 8.53. The van der Waals surface area contributed by atoms with Crippen LogP contribution in [0, 0.1) is 7.11 Å². The van der Waals surface area contributed by atoms with Gasteiger partial charge in [-0.05, 0) is 12.8 Å². The third kappa shape index (κ3) is 2.50. The first-order valence-corrected chi connectivity index (χ1v) is 3.91. The number of amides is 1. The second-order valence-corrected chi connectivity index (χ2v) is 2.69. The molecule has 3 heteroatoms. The minimum atomic E-state index is 0.245. The van der Waals surface area contributed by atoms with Crippen LogP contribution in [0.2, 0.25) is 0 Å². The average molecular weight is 154 g/mol. The largest absolute Gasteiger partial charge is 0.365 e. The molecule has 0 aromatic rings. The van der Waals surface area contributed by atoms with E-state index in [4.69, 9.17) is 7.11 Å². The van der Waals surface area contributed by atoms with Crippen molar-refractivity contribution in [3.05, 3.63) is 7.11 Å². The van der Waals surface area contributed by atoms with E-state index in [1.54, 1.807) is 0 Å². The molecule has 3 radical (unpaired) electrons. The number of rotatable bonds is 4. The second-order valence-electron chi connectivity index (χ2n) is 2.69. The molecule has 0 N–H and O–H groups in total. The molecular formula is C8H12NO2.